The molecular formula is C16H32N2O. The van der Waals surface area contributed by atoms with Gasteiger partial charge in [0.15, 0.2) is 0 Å². The molecule has 112 valence electrons. The molecule has 3 heteroatoms. The van der Waals surface area contributed by atoms with Gasteiger partial charge in [0.05, 0.1) is 13.2 Å². The van der Waals surface area contributed by atoms with Gasteiger partial charge in [0.25, 0.3) is 0 Å². The minimum absolute atomic E-state index is 0.243. The molecule has 0 aromatic carbocycles. The normalized spacial score (nSPS) is 38.4. The van der Waals surface area contributed by atoms with Crippen LogP contribution < -0.4 is 5.73 Å². The Bertz CT molecular complexity index is 282. The molecular weight excluding hydrogens is 236 g/mol. The van der Waals surface area contributed by atoms with E-state index < -0.39 is 0 Å². The van der Waals surface area contributed by atoms with E-state index in [4.69, 9.17) is 10.5 Å². The average Bonchev–Trinajstić information content (AvgIpc) is 2.62. The second-order valence-electron chi connectivity index (χ2n) is 6.98. The van der Waals surface area contributed by atoms with Crippen LogP contribution >= 0.6 is 0 Å². The monoisotopic (exact) mass is 268 g/mol. The zero-order valence-electron chi connectivity index (χ0n) is 13.0. The van der Waals surface area contributed by atoms with Crippen LogP contribution in [0, 0.1) is 11.8 Å². The molecule has 1 aliphatic heterocycles. The molecule has 2 N–H and O–H groups in total. The molecule has 1 aliphatic carbocycles. The largest absolute Gasteiger partial charge is 0.379 e. The lowest BCUT2D eigenvalue weighted by molar-refractivity contribution is -0.0621. The number of nitrogens with zero attached hydrogens (tertiary/aromatic N) is 1. The van der Waals surface area contributed by atoms with Crippen LogP contribution in [0.2, 0.25) is 0 Å². The number of hydrogen-bond donors (Lipinski definition) is 1. The highest BCUT2D eigenvalue weighted by Crippen LogP contribution is 2.38. The minimum Gasteiger partial charge on any atom is -0.379 e. The SMILES string of the molecule is CC(C)C1CCCC(CN)(N2CCOCC2C)CC1. The van der Waals surface area contributed by atoms with Gasteiger partial charge in [-0.15, -0.1) is 0 Å². The molecule has 1 heterocycles. The molecule has 0 amide bonds. The number of ether oxygens (including phenoxy) is 1. The zero-order chi connectivity index (χ0) is 13.9. The fourth-order valence-electron chi connectivity index (χ4n) is 4.12. The Morgan fingerprint density at radius 1 is 1.32 bits per heavy atom. The van der Waals surface area contributed by atoms with Crippen molar-refractivity contribution < 1.29 is 4.74 Å². The third-order valence-electron chi connectivity index (χ3n) is 5.50. The van der Waals surface area contributed by atoms with E-state index in [0.717, 1.165) is 38.1 Å². The average molecular weight is 268 g/mol. The van der Waals surface area contributed by atoms with Crippen molar-refractivity contribution in [1.29, 1.82) is 0 Å². The first-order valence-corrected chi connectivity index (χ1v) is 8.13. The maximum atomic E-state index is 6.24. The highest BCUT2D eigenvalue weighted by molar-refractivity contribution is 4.97. The van der Waals surface area contributed by atoms with Crippen LogP contribution in [0.15, 0.2) is 0 Å². The molecule has 3 unspecified atom stereocenters. The summed E-state index contributed by atoms with van der Waals surface area (Å²) in [6.45, 7) is 10.7. The van der Waals surface area contributed by atoms with Gasteiger partial charge < -0.3 is 10.5 Å². The van der Waals surface area contributed by atoms with Crippen LogP contribution in [0.25, 0.3) is 0 Å². The highest BCUT2D eigenvalue weighted by Gasteiger charge is 2.40. The molecule has 3 atom stereocenters. The number of rotatable bonds is 3. The molecule has 2 aliphatic rings. The van der Waals surface area contributed by atoms with E-state index in [1.165, 1.54) is 32.1 Å². The summed E-state index contributed by atoms with van der Waals surface area (Å²) in [5.74, 6) is 1.71. The molecule has 1 saturated heterocycles. The van der Waals surface area contributed by atoms with Gasteiger partial charge in [-0.1, -0.05) is 26.7 Å². The molecule has 0 bridgehead atoms. The number of nitrogens with two attached hydrogens (primary N) is 1. The lowest BCUT2D eigenvalue weighted by Gasteiger charge is -2.48. The summed E-state index contributed by atoms with van der Waals surface area (Å²) in [7, 11) is 0. The molecule has 2 rings (SSSR count). The maximum Gasteiger partial charge on any atom is 0.0620 e. The topological polar surface area (TPSA) is 38.5 Å². The van der Waals surface area contributed by atoms with Crippen molar-refractivity contribution in [1.82, 2.24) is 4.90 Å². The van der Waals surface area contributed by atoms with E-state index in [9.17, 15) is 0 Å². The maximum absolute atomic E-state index is 6.24. The summed E-state index contributed by atoms with van der Waals surface area (Å²) in [6, 6.07) is 0.521. The Morgan fingerprint density at radius 3 is 2.74 bits per heavy atom. The molecule has 0 aromatic heterocycles. The fraction of sp³-hybridized carbons (Fsp3) is 1.00. The van der Waals surface area contributed by atoms with E-state index in [-0.39, 0.29) is 5.54 Å². The van der Waals surface area contributed by atoms with Gasteiger partial charge in [-0.2, -0.15) is 0 Å². The highest BCUT2D eigenvalue weighted by atomic mass is 16.5. The van der Waals surface area contributed by atoms with E-state index in [1.807, 2.05) is 0 Å². The fourth-order valence-corrected chi connectivity index (χ4v) is 4.12. The van der Waals surface area contributed by atoms with Crippen LogP contribution in [-0.2, 0) is 4.74 Å². The van der Waals surface area contributed by atoms with E-state index in [0.29, 0.717) is 6.04 Å². The van der Waals surface area contributed by atoms with Gasteiger partial charge in [0.1, 0.15) is 0 Å². The summed E-state index contributed by atoms with van der Waals surface area (Å²) in [4.78, 5) is 2.67. The Balaban J connectivity index is 2.08. The van der Waals surface area contributed by atoms with Crippen LogP contribution in [0.3, 0.4) is 0 Å². The second kappa shape index (κ2) is 6.55. The Kier molecular flexibility index (Phi) is 5.27. The second-order valence-corrected chi connectivity index (χ2v) is 6.98. The first-order chi connectivity index (χ1) is 9.09. The number of morpholine rings is 1. The molecule has 0 aromatic rings. The molecule has 19 heavy (non-hydrogen) atoms. The smallest absolute Gasteiger partial charge is 0.0620 e. The summed E-state index contributed by atoms with van der Waals surface area (Å²) in [6.07, 6.45) is 6.62. The quantitative estimate of drug-likeness (QED) is 0.800. The summed E-state index contributed by atoms with van der Waals surface area (Å²) < 4.78 is 5.60. The predicted octanol–water partition coefficient (Wildman–Crippen LogP) is 2.64. The Morgan fingerprint density at radius 2 is 2.11 bits per heavy atom. The molecule has 0 radical (unpaired) electrons. The molecule has 0 spiro atoms. The van der Waals surface area contributed by atoms with Crippen molar-refractivity contribution in [2.45, 2.75) is 64.5 Å². The molecule has 2 fully saturated rings. The lowest BCUT2D eigenvalue weighted by atomic mass is 9.84. The van der Waals surface area contributed by atoms with Gasteiger partial charge in [0.2, 0.25) is 0 Å². The van der Waals surface area contributed by atoms with Crippen LogP contribution in [0.1, 0.15) is 52.9 Å². The van der Waals surface area contributed by atoms with Crippen molar-refractivity contribution in [2.24, 2.45) is 17.6 Å². The first kappa shape index (κ1) is 15.3. The van der Waals surface area contributed by atoms with Crippen LogP contribution in [0.4, 0.5) is 0 Å². The Labute approximate surface area is 118 Å². The van der Waals surface area contributed by atoms with E-state index >= 15 is 0 Å². The lowest BCUT2D eigenvalue weighted by Crippen LogP contribution is -2.60. The van der Waals surface area contributed by atoms with E-state index in [1.54, 1.807) is 0 Å². The van der Waals surface area contributed by atoms with Gasteiger partial charge in [0, 0.05) is 24.7 Å². The third kappa shape index (κ3) is 3.32. The Hall–Kier alpha value is -0.120. The minimum atomic E-state index is 0.243. The van der Waals surface area contributed by atoms with Crippen molar-refractivity contribution in [2.75, 3.05) is 26.3 Å². The van der Waals surface area contributed by atoms with Crippen molar-refractivity contribution in [3.8, 4) is 0 Å². The van der Waals surface area contributed by atoms with Gasteiger partial charge >= 0.3 is 0 Å². The third-order valence-corrected chi connectivity index (χ3v) is 5.50. The van der Waals surface area contributed by atoms with Crippen molar-refractivity contribution in [3.63, 3.8) is 0 Å². The van der Waals surface area contributed by atoms with Crippen molar-refractivity contribution in [3.05, 3.63) is 0 Å². The summed E-state index contributed by atoms with van der Waals surface area (Å²) >= 11 is 0. The van der Waals surface area contributed by atoms with Gasteiger partial charge in [-0.3, -0.25) is 4.90 Å². The van der Waals surface area contributed by atoms with Crippen LogP contribution in [0.5, 0.6) is 0 Å². The van der Waals surface area contributed by atoms with Crippen molar-refractivity contribution >= 4 is 0 Å². The molecule has 1 saturated carbocycles. The standard InChI is InChI=1S/C16H32N2O/c1-13(2)15-5-4-7-16(12-17,8-6-15)18-9-10-19-11-14(18)3/h13-15H,4-12,17H2,1-3H3. The van der Waals surface area contributed by atoms with E-state index in [2.05, 4.69) is 25.7 Å². The number of hydrogen-bond acceptors (Lipinski definition) is 3. The molecule has 3 nitrogen and oxygen atoms in total. The van der Waals surface area contributed by atoms with Gasteiger partial charge in [-0.05, 0) is 38.0 Å². The predicted molar refractivity (Wildman–Crippen MR) is 80.2 cm³/mol. The van der Waals surface area contributed by atoms with Gasteiger partial charge in [-0.25, -0.2) is 0 Å². The zero-order valence-corrected chi connectivity index (χ0v) is 13.0. The summed E-state index contributed by atoms with van der Waals surface area (Å²) in [5.41, 5.74) is 6.48. The summed E-state index contributed by atoms with van der Waals surface area (Å²) in [5, 5.41) is 0. The first-order valence-electron chi connectivity index (χ1n) is 8.13. The van der Waals surface area contributed by atoms with Crippen LogP contribution in [-0.4, -0.2) is 42.8 Å².